The maximum absolute atomic E-state index is 12.0. The van der Waals surface area contributed by atoms with Gasteiger partial charge in [0.15, 0.2) is 0 Å². The molecule has 0 unspecified atom stereocenters. The number of esters is 1. The van der Waals surface area contributed by atoms with E-state index in [1.807, 2.05) is 60.7 Å². The molecule has 138 valence electrons. The first-order valence-corrected chi connectivity index (χ1v) is 8.73. The second-order valence-corrected chi connectivity index (χ2v) is 5.93. The monoisotopic (exact) mass is 354 g/mol. The van der Waals surface area contributed by atoms with Crippen molar-refractivity contribution in [2.75, 3.05) is 13.7 Å². The topological polar surface area (TPSA) is 44.8 Å². The van der Waals surface area contributed by atoms with Crippen LogP contribution < -0.4 is 0 Å². The summed E-state index contributed by atoms with van der Waals surface area (Å²) in [4.78, 5) is 12.0. The fraction of sp³-hybridized carbons (Fsp3) is 0.318. The Labute approximate surface area is 155 Å². The van der Waals surface area contributed by atoms with Crippen molar-refractivity contribution in [3.8, 4) is 0 Å². The molecule has 4 nitrogen and oxygen atoms in total. The van der Waals surface area contributed by atoms with Crippen LogP contribution in [0.1, 0.15) is 30.6 Å². The Bertz CT molecular complexity index is 682. The molecular weight excluding hydrogens is 328 g/mol. The number of carbonyl (C=O) groups is 1. The minimum Gasteiger partial charge on any atom is -0.463 e. The zero-order valence-corrected chi connectivity index (χ0v) is 15.4. The quantitative estimate of drug-likeness (QED) is 0.466. The Kier molecular flexibility index (Phi) is 8.06. The van der Waals surface area contributed by atoms with E-state index in [1.165, 1.54) is 0 Å². The molecule has 2 aromatic rings. The second-order valence-electron chi connectivity index (χ2n) is 5.93. The van der Waals surface area contributed by atoms with E-state index < -0.39 is 5.97 Å². The fourth-order valence-electron chi connectivity index (χ4n) is 2.74. The number of methoxy groups -OCH3 is 1. The van der Waals surface area contributed by atoms with Crippen molar-refractivity contribution < 1.29 is 19.0 Å². The van der Waals surface area contributed by atoms with Gasteiger partial charge in [-0.25, -0.2) is 4.79 Å². The molecule has 26 heavy (non-hydrogen) atoms. The molecule has 2 atom stereocenters. The van der Waals surface area contributed by atoms with E-state index in [1.54, 1.807) is 14.0 Å². The van der Waals surface area contributed by atoms with Gasteiger partial charge in [-0.1, -0.05) is 67.2 Å². The van der Waals surface area contributed by atoms with E-state index in [4.69, 9.17) is 14.2 Å². The lowest BCUT2D eigenvalue weighted by Gasteiger charge is -2.27. The molecule has 0 saturated heterocycles. The molecule has 0 amide bonds. The predicted molar refractivity (Wildman–Crippen MR) is 102 cm³/mol. The highest BCUT2D eigenvalue weighted by Gasteiger charge is 2.26. The van der Waals surface area contributed by atoms with Crippen LogP contribution in [0.15, 0.2) is 72.8 Å². The van der Waals surface area contributed by atoms with E-state index in [-0.39, 0.29) is 12.2 Å². The first-order valence-electron chi connectivity index (χ1n) is 8.73. The van der Waals surface area contributed by atoms with Gasteiger partial charge < -0.3 is 14.2 Å². The van der Waals surface area contributed by atoms with Gasteiger partial charge in [0.05, 0.1) is 19.3 Å². The Morgan fingerprint density at radius 3 is 2.23 bits per heavy atom. The van der Waals surface area contributed by atoms with Gasteiger partial charge in [-0.05, 0) is 18.1 Å². The summed E-state index contributed by atoms with van der Waals surface area (Å²) in [6.07, 6.45) is -0.343. The number of benzene rings is 2. The van der Waals surface area contributed by atoms with Crippen LogP contribution in [0.2, 0.25) is 0 Å². The molecule has 0 fully saturated rings. The van der Waals surface area contributed by atoms with Gasteiger partial charge in [-0.3, -0.25) is 0 Å². The average molecular weight is 354 g/mol. The number of hydrogen-bond acceptors (Lipinski definition) is 4. The largest absolute Gasteiger partial charge is 0.463 e. The predicted octanol–water partition coefficient (Wildman–Crippen LogP) is 4.47. The minimum absolute atomic E-state index is 0.314. The normalized spacial score (nSPS) is 13.0. The minimum atomic E-state index is -0.399. The standard InChI is InChI=1S/C22H26O4/c1-4-25-22(23)17(2)15-20(26-16-18-11-7-5-8-12-18)21(24-3)19-13-9-6-10-14-19/h5-14,20-21H,2,4,15-16H2,1,3H3/t20-,21+/m1/s1. The molecule has 0 aliphatic carbocycles. The Balaban J connectivity index is 2.16. The molecule has 0 aliphatic heterocycles. The molecule has 0 saturated carbocycles. The van der Waals surface area contributed by atoms with Crippen molar-refractivity contribution in [3.05, 3.63) is 83.9 Å². The first-order chi connectivity index (χ1) is 12.7. The molecule has 0 spiro atoms. The van der Waals surface area contributed by atoms with Crippen molar-refractivity contribution in [3.63, 3.8) is 0 Å². The number of rotatable bonds is 10. The van der Waals surface area contributed by atoms with E-state index >= 15 is 0 Å². The van der Waals surface area contributed by atoms with Gasteiger partial charge in [-0.15, -0.1) is 0 Å². The molecule has 0 aromatic heterocycles. The molecule has 0 radical (unpaired) electrons. The third-order valence-corrected chi connectivity index (χ3v) is 4.04. The van der Waals surface area contributed by atoms with Crippen LogP contribution in [-0.2, 0) is 25.6 Å². The summed E-state index contributed by atoms with van der Waals surface area (Å²) < 4.78 is 16.9. The molecule has 0 N–H and O–H groups in total. The molecule has 0 bridgehead atoms. The van der Waals surface area contributed by atoms with Gasteiger partial charge in [0.1, 0.15) is 6.10 Å². The highest BCUT2D eigenvalue weighted by Crippen LogP contribution is 2.28. The lowest BCUT2D eigenvalue weighted by Crippen LogP contribution is -2.26. The van der Waals surface area contributed by atoms with Crippen LogP contribution in [0.4, 0.5) is 0 Å². The van der Waals surface area contributed by atoms with Crippen molar-refractivity contribution in [1.29, 1.82) is 0 Å². The molecule has 0 heterocycles. The third kappa shape index (κ3) is 5.83. The second kappa shape index (κ2) is 10.5. The highest BCUT2D eigenvalue weighted by atomic mass is 16.5. The van der Waals surface area contributed by atoms with Gasteiger partial charge in [-0.2, -0.15) is 0 Å². The molecular formula is C22H26O4. The Morgan fingerprint density at radius 2 is 1.65 bits per heavy atom. The highest BCUT2D eigenvalue weighted by molar-refractivity contribution is 5.87. The van der Waals surface area contributed by atoms with Gasteiger partial charge >= 0.3 is 5.97 Å². The summed E-state index contributed by atoms with van der Waals surface area (Å²) in [5.41, 5.74) is 2.43. The van der Waals surface area contributed by atoms with Crippen molar-refractivity contribution >= 4 is 5.97 Å². The summed E-state index contributed by atoms with van der Waals surface area (Å²) in [7, 11) is 1.64. The fourth-order valence-corrected chi connectivity index (χ4v) is 2.74. The molecule has 2 rings (SSSR count). The van der Waals surface area contributed by atoms with Crippen LogP contribution in [0.3, 0.4) is 0 Å². The van der Waals surface area contributed by atoms with Crippen LogP contribution in [0.25, 0.3) is 0 Å². The smallest absolute Gasteiger partial charge is 0.333 e. The third-order valence-electron chi connectivity index (χ3n) is 4.04. The Morgan fingerprint density at radius 1 is 1.04 bits per heavy atom. The lowest BCUT2D eigenvalue weighted by atomic mass is 9.98. The first kappa shape index (κ1) is 19.9. The van der Waals surface area contributed by atoms with E-state index in [2.05, 4.69) is 6.58 Å². The zero-order chi connectivity index (χ0) is 18.8. The van der Waals surface area contributed by atoms with Gasteiger partial charge in [0.2, 0.25) is 0 Å². The van der Waals surface area contributed by atoms with Crippen LogP contribution >= 0.6 is 0 Å². The summed E-state index contributed by atoms with van der Waals surface area (Å²) in [5, 5.41) is 0. The molecule has 2 aromatic carbocycles. The van der Waals surface area contributed by atoms with E-state index in [9.17, 15) is 4.79 Å². The maximum Gasteiger partial charge on any atom is 0.333 e. The van der Waals surface area contributed by atoms with E-state index in [0.717, 1.165) is 11.1 Å². The zero-order valence-electron chi connectivity index (χ0n) is 15.4. The summed E-state index contributed by atoms with van der Waals surface area (Å²) in [5.74, 6) is -0.399. The lowest BCUT2D eigenvalue weighted by molar-refractivity contribution is -0.139. The SMILES string of the molecule is C=C(C[C@@H](OCc1ccccc1)[C@@H](OC)c1ccccc1)C(=O)OCC. The number of hydrogen-bond donors (Lipinski definition) is 0. The van der Waals surface area contributed by atoms with E-state index in [0.29, 0.717) is 25.2 Å². The van der Waals surface area contributed by atoms with Crippen LogP contribution in [-0.4, -0.2) is 25.8 Å². The van der Waals surface area contributed by atoms with Gasteiger partial charge in [0.25, 0.3) is 0 Å². The van der Waals surface area contributed by atoms with Gasteiger partial charge in [0, 0.05) is 19.1 Å². The van der Waals surface area contributed by atoms with Crippen LogP contribution in [0, 0.1) is 0 Å². The average Bonchev–Trinajstić information content (AvgIpc) is 2.68. The summed E-state index contributed by atoms with van der Waals surface area (Å²) in [6.45, 7) is 6.39. The Hall–Kier alpha value is -2.43. The number of ether oxygens (including phenoxy) is 3. The summed E-state index contributed by atoms with van der Waals surface area (Å²) in [6, 6.07) is 19.7. The molecule has 4 heteroatoms. The van der Waals surface area contributed by atoms with Crippen molar-refractivity contribution in [2.45, 2.75) is 32.2 Å². The maximum atomic E-state index is 12.0. The summed E-state index contributed by atoms with van der Waals surface area (Å²) >= 11 is 0. The van der Waals surface area contributed by atoms with Crippen molar-refractivity contribution in [2.24, 2.45) is 0 Å². The van der Waals surface area contributed by atoms with Crippen LogP contribution in [0.5, 0.6) is 0 Å². The molecule has 0 aliphatic rings. The van der Waals surface area contributed by atoms with Crippen molar-refractivity contribution in [1.82, 2.24) is 0 Å². The number of carbonyl (C=O) groups excluding carboxylic acids is 1.